The second-order valence-corrected chi connectivity index (χ2v) is 7.98. The van der Waals surface area contributed by atoms with E-state index in [4.69, 9.17) is 14.8 Å². The summed E-state index contributed by atoms with van der Waals surface area (Å²) in [6, 6.07) is 8.63. The second-order valence-electron chi connectivity index (χ2n) is 6.91. The third kappa shape index (κ3) is 4.83. The molecule has 0 atom stereocenters. The molecule has 7 nitrogen and oxygen atoms in total. The highest BCUT2D eigenvalue weighted by Gasteiger charge is 2.22. The van der Waals surface area contributed by atoms with Gasteiger partial charge in [0, 0.05) is 19.2 Å². The molecule has 4 rings (SSSR count). The van der Waals surface area contributed by atoms with Crippen LogP contribution in [-0.4, -0.2) is 41.2 Å². The van der Waals surface area contributed by atoms with Gasteiger partial charge >= 0.3 is 5.97 Å². The maximum absolute atomic E-state index is 12.5. The molecule has 1 saturated carbocycles. The molecule has 30 heavy (non-hydrogen) atoms. The number of hydrogen-bond acceptors (Lipinski definition) is 7. The summed E-state index contributed by atoms with van der Waals surface area (Å²) in [7, 11) is 2.32. The Balaban J connectivity index is 0.00000124. The van der Waals surface area contributed by atoms with Crippen molar-refractivity contribution in [3.8, 4) is 0 Å². The molecule has 8 heteroatoms. The van der Waals surface area contributed by atoms with Gasteiger partial charge in [0.2, 0.25) is 0 Å². The molecule has 0 radical (unpaired) electrons. The summed E-state index contributed by atoms with van der Waals surface area (Å²) in [5, 5.41) is 10.9. The van der Waals surface area contributed by atoms with Crippen molar-refractivity contribution in [2.75, 3.05) is 19.5 Å². The van der Waals surface area contributed by atoms with Crippen molar-refractivity contribution in [3.05, 3.63) is 52.8 Å². The van der Waals surface area contributed by atoms with Crippen molar-refractivity contribution in [1.82, 2.24) is 9.97 Å². The van der Waals surface area contributed by atoms with Crippen LogP contribution in [0.3, 0.4) is 0 Å². The van der Waals surface area contributed by atoms with E-state index in [1.807, 2.05) is 6.07 Å². The SMILES string of the molecule is CO.COC(=O)c1cc2nc(C3CCCCC3)sc2cc1NC(=O)c1ccccn1. The van der Waals surface area contributed by atoms with Gasteiger partial charge in [-0.25, -0.2) is 9.78 Å². The number of esters is 1. The van der Waals surface area contributed by atoms with Crippen LogP contribution in [0.1, 0.15) is 63.9 Å². The van der Waals surface area contributed by atoms with E-state index in [0.717, 1.165) is 35.2 Å². The Morgan fingerprint density at radius 2 is 1.93 bits per heavy atom. The van der Waals surface area contributed by atoms with Gasteiger partial charge in [-0.15, -0.1) is 11.3 Å². The second kappa shape index (κ2) is 10.3. The standard InChI is InChI=1S/C21H21N3O3S.CH4O/c1-27-21(26)14-11-17-18(28-20(24-17)13-7-3-2-4-8-13)12-16(14)23-19(25)15-9-5-6-10-22-15;1-2/h5-6,9-13H,2-4,7-8H2,1H3,(H,23,25);2H,1H3. The highest BCUT2D eigenvalue weighted by atomic mass is 32.1. The van der Waals surface area contributed by atoms with Crippen LogP contribution in [0.2, 0.25) is 0 Å². The molecule has 2 heterocycles. The Hall–Kier alpha value is -2.84. The lowest BCUT2D eigenvalue weighted by Crippen LogP contribution is -2.16. The van der Waals surface area contributed by atoms with E-state index in [1.54, 1.807) is 41.8 Å². The quantitative estimate of drug-likeness (QED) is 0.599. The van der Waals surface area contributed by atoms with Crippen LogP contribution in [0.4, 0.5) is 5.69 Å². The van der Waals surface area contributed by atoms with Gasteiger partial charge in [0.1, 0.15) is 5.69 Å². The lowest BCUT2D eigenvalue weighted by molar-refractivity contribution is 0.0602. The van der Waals surface area contributed by atoms with Gasteiger partial charge in [0.25, 0.3) is 5.91 Å². The van der Waals surface area contributed by atoms with Crippen molar-refractivity contribution >= 4 is 39.1 Å². The number of fused-ring (bicyclic) bond motifs is 1. The van der Waals surface area contributed by atoms with Crippen molar-refractivity contribution < 1.29 is 19.4 Å². The Labute approximate surface area is 179 Å². The van der Waals surface area contributed by atoms with E-state index >= 15 is 0 Å². The van der Waals surface area contributed by atoms with Gasteiger partial charge in [0.05, 0.1) is 33.6 Å². The number of nitrogens with zero attached hydrogens (tertiary/aromatic N) is 2. The van der Waals surface area contributed by atoms with Crippen molar-refractivity contribution in [1.29, 1.82) is 0 Å². The molecule has 158 valence electrons. The number of methoxy groups -OCH3 is 1. The van der Waals surface area contributed by atoms with Gasteiger partial charge in [0.15, 0.2) is 0 Å². The first-order valence-corrected chi connectivity index (χ1v) is 10.7. The highest BCUT2D eigenvalue weighted by Crippen LogP contribution is 2.38. The molecule has 2 aromatic heterocycles. The van der Waals surface area contributed by atoms with E-state index < -0.39 is 5.97 Å². The van der Waals surface area contributed by atoms with Crippen LogP contribution in [0.15, 0.2) is 36.5 Å². The summed E-state index contributed by atoms with van der Waals surface area (Å²) >= 11 is 1.64. The van der Waals surface area contributed by atoms with Gasteiger partial charge in [-0.3, -0.25) is 9.78 Å². The van der Waals surface area contributed by atoms with E-state index in [9.17, 15) is 9.59 Å². The molecule has 0 aliphatic heterocycles. The molecule has 1 aliphatic carbocycles. The minimum absolute atomic E-state index is 0.283. The number of hydrogen-bond donors (Lipinski definition) is 2. The molecule has 0 bridgehead atoms. The van der Waals surface area contributed by atoms with E-state index in [-0.39, 0.29) is 11.6 Å². The molecule has 0 unspecified atom stereocenters. The van der Waals surface area contributed by atoms with Crippen LogP contribution in [0, 0.1) is 0 Å². The molecule has 1 fully saturated rings. The van der Waals surface area contributed by atoms with Crippen LogP contribution < -0.4 is 5.32 Å². The fourth-order valence-corrected chi connectivity index (χ4v) is 4.74. The van der Waals surface area contributed by atoms with E-state index in [2.05, 4.69) is 10.3 Å². The maximum atomic E-state index is 12.5. The Morgan fingerprint density at radius 3 is 2.60 bits per heavy atom. The normalized spacial score (nSPS) is 14.0. The topological polar surface area (TPSA) is 101 Å². The number of aliphatic hydroxyl groups is 1. The molecular formula is C22H25N3O4S. The first-order chi connectivity index (χ1) is 14.7. The molecular weight excluding hydrogens is 402 g/mol. The zero-order valence-corrected chi connectivity index (χ0v) is 17.9. The van der Waals surface area contributed by atoms with E-state index in [0.29, 0.717) is 17.2 Å². The molecule has 1 amide bonds. The molecule has 0 saturated heterocycles. The van der Waals surface area contributed by atoms with Gasteiger partial charge in [-0.05, 0) is 37.1 Å². The average molecular weight is 428 g/mol. The lowest BCUT2D eigenvalue weighted by atomic mass is 9.90. The molecule has 1 aromatic carbocycles. The monoisotopic (exact) mass is 427 g/mol. The van der Waals surface area contributed by atoms with Gasteiger partial charge in [-0.1, -0.05) is 25.3 Å². The average Bonchev–Trinajstić information content (AvgIpc) is 3.23. The van der Waals surface area contributed by atoms with Crippen LogP contribution in [0.5, 0.6) is 0 Å². The minimum Gasteiger partial charge on any atom is -0.465 e. The minimum atomic E-state index is -0.509. The predicted molar refractivity (Wildman–Crippen MR) is 117 cm³/mol. The zero-order valence-electron chi connectivity index (χ0n) is 17.1. The lowest BCUT2D eigenvalue weighted by Gasteiger charge is -2.18. The first-order valence-electron chi connectivity index (χ1n) is 9.85. The number of aliphatic hydroxyl groups excluding tert-OH is 1. The Morgan fingerprint density at radius 1 is 1.17 bits per heavy atom. The third-order valence-corrected chi connectivity index (χ3v) is 6.23. The van der Waals surface area contributed by atoms with E-state index in [1.165, 1.54) is 26.4 Å². The molecule has 0 spiro atoms. The fraction of sp³-hybridized carbons (Fsp3) is 0.364. The number of nitrogens with one attached hydrogen (secondary N) is 1. The summed E-state index contributed by atoms with van der Waals surface area (Å²) in [6.07, 6.45) is 7.63. The van der Waals surface area contributed by atoms with Crippen LogP contribution >= 0.6 is 11.3 Å². The molecule has 3 aromatic rings. The van der Waals surface area contributed by atoms with Crippen molar-refractivity contribution in [3.63, 3.8) is 0 Å². The predicted octanol–water partition coefficient (Wildman–Crippen LogP) is 4.39. The maximum Gasteiger partial charge on any atom is 0.340 e. The zero-order chi connectivity index (χ0) is 21.5. The van der Waals surface area contributed by atoms with Crippen molar-refractivity contribution in [2.45, 2.75) is 38.0 Å². The number of pyridine rings is 1. The number of thiazole rings is 1. The smallest absolute Gasteiger partial charge is 0.340 e. The number of carbonyl (C=O) groups is 2. The number of anilines is 1. The molecule has 1 aliphatic rings. The Bertz CT molecular complexity index is 1010. The van der Waals surface area contributed by atoms with Gasteiger partial charge < -0.3 is 15.2 Å². The number of rotatable bonds is 4. The largest absolute Gasteiger partial charge is 0.465 e. The summed E-state index contributed by atoms with van der Waals surface area (Å²) in [4.78, 5) is 33.7. The number of carbonyl (C=O) groups excluding carboxylic acids is 2. The number of benzene rings is 1. The summed E-state index contributed by atoms with van der Waals surface area (Å²) in [5.74, 6) is -0.396. The molecule has 2 N–H and O–H groups in total. The van der Waals surface area contributed by atoms with Gasteiger partial charge in [-0.2, -0.15) is 0 Å². The van der Waals surface area contributed by atoms with Crippen molar-refractivity contribution in [2.24, 2.45) is 0 Å². The first kappa shape index (κ1) is 21.9. The number of ether oxygens (including phenoxy) is 1. The number of amides is 1. The van der Waals surface area contributed by atoms with Crippen LogP contribution in [0.25, 0.3) is 10.2 Å². The summed E-state index contributed by atoms with van der Waals surface area (Å²) in [5.41, 5.74) is 1.75. The summed E-state index contributed by atoms with van der Waals surface area (Å²) < 4.78 is 5.85. The third-order valence-electron chi connectivity index (χ3n) is 5.05. The van der Waals surface area contributed by atoms with Crippen LogP contribution in [-0.2, 0) is 4.74 Å². The Kier molecular flexibility index (Phi) is 7.48. The number of aromatic nitrogens is 2. The fourth-order valence-electron chi connectivity index (χ4n) is 3.58. The highest BCUT2D eigenvalue weighted by molar-refractivity contribution is 7.18. The summed E-state index contributed by atoms with van der Waals surface area (Å²) in [6.45, 7) is 0.